The molecule has 2 aromatic carbocycles. The summed E-state index contributed by atoms with van der Waals surface area (Å²) in [6.45, 7) is 4.70. The Bertz CT molecular complexity index is 700. The van der Waals surface area contributed by atoms with Crippen molar-refractivity contribution in [3.8, 4) is 5.75 Å². The molecule has 2 nitrogen and oxygen atoms in total. The fourth-order valence-corrected chi connectivity index (χ4v) is 2.57. The van der Waals surface area contributed by atoms with E-state index in [1.807, 2.05) is 18.3 Å². The number of benzene rings is 2. The van der Waals surface area contributed by atoms with Crippen LogP contribution in [0, 0.1) is 6.92 Å². The molecule has 0 aliphatic heterocycles. The summed E-state index contributed by atoms with van der Waals surface area (Å²) in [6, 6.07) is 16.7. The normalized spacial score (nSPS) is 10.9. The standard InChI is InChI=1S/C19H20NO/c1-2-16-14-20-19-11-10-17(13-18(16)19)21-12-6-9-15-7-4-3-5-8-15/h3-5,7-8,10-11,13-14,20H,1-2,6,9,12H2. The maximum atomic E-state index is 5.87. The Kier molecular flexibility index (Phi) is 4.25. The molecule has 0 atom stereocenters. The van der Waals surface area contributed by atoms with Gasteiger partial charge in [0.05, 0.1) is 6.61 Å². The Labute approximate surface area is 125 Å². The molecule has 0 saturated heterocycles. The number of rotatable bonds is 6. The highest BCUT2D eigenvalue weighted by Crippen LogP contribution is 2.24. The van der Waals surface area contributed by atoms with Gasteiger partial charge >= 0.3 is 0 Å². The molecule has 0 spiro atoms. The molecule has 2 heteroatoms. The smallest absolute Gasteiger partial charge is 0.120 e. The summed E-state index contributed by atoms with van der Waals surface area (Å²) in [6.07, 6.45) is 4.89. The third-order valence-electron chi connectivity index (χ3n) is 3.73. The summed E-state index contributed by atoms with van der Waals surface area (Å²) in [4.78, 5) is 3.26. The van der Waals surface area contributed by atoms with Crippen molar-refractivity contribution >= 4 is 10.9 Å². The van der Waals surface area contributed by atoms with Crippen molar-refractivity contribution < 1.29 is 4.74 Å². The van der Waals surface area contributed by atoms with Gasteiger partial charge in [0.1, 0.15) is 5.75 Å². The Morgan fingerprint density at radius 1 is 1.05 bits per heavy atom. The topological polar surface area (TPSA) is 25.0 Å². The molecule has 0 fully saturated rings. The van der Waals surface area contributed by atoms with Crippen molar-refractivity contribution in [2.75, 3.05) is 6.61 Å². The number of nitrogens with one attached hydrogen (secondary N) is 1. The summed E-state index contributed by atoms with van der Waals surface area (Å²) < 4.78 is 5.87. The minimum absolute atomic E-state index is 0.741. The number of H-pyrrole nitrogens is 1. The van der Waals surface area contributed by atoms with Crippen LogP contribution in [0.3, 0.4) is 0 Å². The molecule has 0 unspecified atom stereocenters. The number of hydrogen-bond acceptors (Lipinski definition) is 1. The minimum atomic E-state index is 0.741. The third kappa shape index (κ3) is 3.27. The molecule has 1 heterocycles. The average Bonchev–Trinajstić information content (AvgIpc) is 2.95. The van der Waals surface area contributed by atoms with E-state index in [0.29, 0.717) is 0 Å². The van der Waals surface area contributed by atoms with Gasteiger partial charge in [0, 0.05) is 17.1 Å². The second-order valence-corrected chi connectivity index (χ2v) is 5.21. The van der Waals surface area contributed by atoms with E-state index in [1.54, 1.807) is 0 Å². The SMILES string of the molecule is [CH2]Cc1c[nH]c2ccc(OCCCc3ccccc3)cc12. The van der Waals surface area contributed by atoms with Gasteiger partial charge in [0.25, 0.3) is 0 Å². The molecular formula is C19H20NO. The van der Waals surface area contributed by atoms with Crippen LogP contribution in [0.4, 0.5) is 0 Å². The molecule has 0 aliphatic carbocycles. The maximum Gasteiger partial charge on any atom is 0.120 e. The van der Waals surface area contributed by atoms with Gasteiger partial charge in [-0.3, -0.25) is 0 Å². The van der Waals surface area contributed by atoms with Crippen LogP contribution < -0.4 is 4.74 Å². The van der Waals surface area contributed by atoms with Gasteiger partial charge in [-0.2, -0.15) is 0 Å². The number of aryl methyl sites for hydroxylation is 1. The molecule has 107 valence electrons. The zero-order valence-corrected chi connectivity index (χ0v) is 12.1. The van der Waals surface area contributed by atoms with Crippen LogP contribution >= 0.6 is 0 Å². The monoisotopic (exact) mass is 278 g/mol. The number of aromatic amines is 1. The molecule has 0 aliphatic rings. The predicted molar refractivity (Wildman–Crippen MR) is 87.6 cm³/mol. The van der Waals surface area contributed by atoms with E-state index >= 15 is 0 Å². The van der Waals surface area contributed by atoms with E-state index in [4.69, 9.17) is 4.74 Å². The average molecular weight is 278 g/mol. The predicted octanol–water partition coefficient (Wildman–Crippen LogP) is 4.56. The van der Waals surface area contributed by atoms with Gasteiger partial charge in [-0.05, 0) is 55.5 Å². The summed E-state index contributed by atoms with van der Waals surface area (Å²) in [7, 11) is 0. The number of hydrogen-bond donors (Lipinski definition) is 1. The molecular weight excluding hydrogens is 258 g/mol. The van der Waals surface area contributed by atoms with Gasteiger partial charge < -0.3 is 9.72 Å². The van der Waals surface area contributed by atoms with Crippen LogP contribution in [0.1, 0.15) is 17.5 Å². The molecule has 21 heavy (non-hydrogen) atoms. The minimum Gasteiger partial charge on any atom is -0.494 e. The summed E-state index contributed by atoms with van der Waals surface area (Å²) in [5.41, 5.74) is 3.74. The lowest BCUT2D eigenvalue weighted by molar-refractivity contribution is 0.311. The van der Waals surface area contributed by atoms with Crippen molar-refractivity contribution in [2.24, 2.45) is 0 Å². The van der Waals surface area contributed by atoms with Gasteiger partial charge in [-0.25, -0.2) is 0 Å². The van der Waals surface area contributed by atoms with Crippen molar-refractivity contribution in [1.29, 1.82) is 0 Å². The fraction of sp³-hybridized carbons (Fsp3) is 0.211. The first-order valence-corrected chi connectivity index (χ1v) is 7.43. The van der Waals surface area contributed by atoms with E-state index in [0.717, 1.165) is 37.1 Å². The molecule has 0 bridgehead atoms. The van der Waals surface area contributed by atoms with E-state index in [1.165, 1.54) is 16.5 Å². The van der Waals surface area contributed by atoms with Crippen LogP contribution in [-0.2, 0) is 12.8 Å². The van der Waals surface area contributed by atoms with Crippen LogP contribution in [-0.4, -0.2) is 11.6 Å². The summed E-state index contributed by atoms with van der Waals surface area (Å²) >= 11 is 0. The molecule has 3 rings (SSSR count). The van der Waals surface area contributed by atoms with E-state index in [9.17, 15) is 0 Å². The van der Waals surface area contributed by atoms with Crippen LogP contribution in [0.15, 0.2) is 54.7 Å². The Balaban J connectivity index is 1.58. The maximum absolute atomic E-state index is 5.87. The first kappa shape index (κ1) is 13.7. The first-order chi connectivity index (χ1) is 10.4. The highest BCUT2D eigenvalue weighted by Gasteiger charge is 2.03. The lowest BCUT2D eigenvalue weighted by Crippen LogP contribution is -1.99. The van der Waals surface area contributed by atoms with Gasteiger partial charge in [-0.15, -0.1) is 0 Å². The fourth-order valence-electron chi connectivity index (χ4n) is 2.57. The quantitative estimate of drug-likeness (QED) is 0.657. The molecule has 1 radical (unpaired) electrons. The molecule has 3 aromatic rings. The van der Waals surface area contributed by atoms with Crippen molar-refractivity contribution in [3.63, 3.8) is 0 Å². The number of fused-ring (bicyclic) bond motifs is 1. The van der Waals surface area contributed by atoms with Crippen LogP contribution in [0.5, 0.6) is 5.75 Å². The third-order valence-corrected chi connectivity index (χ3v) is 3.73. The van der Waals surface area contributed by atoms with Crippen molar-refractivity contribution in [2.45, 2.75) is 19.3 Å². The summed E-state index contributed by atoms with van der Waals surface area (Å²) in [5.74, 6) is 0.935. The second-order valence-electron chi connectivity index (χ2n) is 5.21. The van der Waals surface area contributed by atoms with Crippen LogP contribution in [0.2, 0.25) is 0 Å². The zero-order valence-electron chi connectivity index (χ0n) is 12.1. The van der Waals surface area contributed by atoms with Crippen molar-refractivity contribution in [3.05, 3.63) is 72.8 Å². The van der Waals surface area contributed by atoms with E-state index in [2.05, 4.69) is 48.3 Å². The van der Waals surface area contributed by atoms with Crippen LogP contribution in [0.25, 0.3) is 10.9 Å². The second kappa shape index (κ2) is 6.49. The highest BCUT2D eigenvalue weighted by molar-refractivity contribution is 5.84. The number of ether oxygens (including phenoxy) is 1. The van der Waals surface area contributed by atoms with E-state index < -0.39 is 0 Å². The summed E-state index contributed by atoms with van der Waals surface area (Å²) in [5, 5.41) is 1.21. The molecule has 0 saturated carbocycles. The zero-order chi connectivity index (χ0) is 14.5. The first-order valence-electron chi connectivity index (χ1n) is 7.43. The lowest BCUT2D eigenvalue weighted by atomic mass is 10.1. The lowest BCUT2D eigenvalue weighted by Gasteiger charge is -2.07. The van der Waals surface area contributed by atoms with Gasteiger partial charge in [0.15, 0.2) is 0 Å². The Hall–Kier alpha value is -2.22. The van der Waals surface area contributed by atoms with Crippen molar-refractivity contribution in [1.82, 2.24) is 4.98 Å². The molecule has 0 amide bonds. The van der Waals surface area contributed by atoms with Gasteiger partial charge in [-0.1, -0.05) is 30.3 Å². The molecule has 1 aromatic heterocycles. The Morgan fingerprint density at radius 2 is 1.90 bits per heavy atom. The Morgan fingerprint density at radius 3 is 2.71 bits per heavy atom. The largest absolute Gasteiger partial charge is 0.494 e. The highest BCUT2D eigenvalue weighted by atomic mass is 16.5. The van der Waals surface area contributed by atoms with E-state index in [-0.39, 0.29) is 0 Å². The number of aromatic nitrogens is 1. The van der Waals surface area contributed by atoms with Gasteiger partial charge in [0.2, 0.25) is 0 Å². The molecule has 1 N–H and O–H groups in total.